The molecule has 7 nitrogen and oxygen atoms in total. The highest BCUT2D eigenvalue weighted by atomic mass is 16.1. The summed E-state index contributed by atoms with van der Waals surface area (Å²) in [6.07, 6.45) is 2.72. The van der Waals surface area contributed by atoms with Crippen molar-refractivity contribution in [3.8, 4) is 0 Å². The van der Waals surface area contributed by atoms with Gasteiger partial charge >= 0.3 is 0 Å². The lowest BCUT2D eigenvalue weighted by Crippen LogP contribution is -2.28. The number of rotatable bonds is 6. The van der Waals surface area contributed by atoms with Crippen molar-refractivity contribution in [2.45, 2.75) is 46.2 Å². The van der Waals surface area contributed by atoms with Gasteiger partial charge in [0.1, 0.15) is 12.2 Å². The third kappa shape index (κ3) is 3.90. The largest absolute Gasteiger partial charge is 0.346 e. The Kier molecular flexibility index (Phi) is 4.72. The molecule has 0 aromatic carbocycles. The fraction of sp³-hybridized carbons (Fsp3) is 0.571. The van der Waals surface area contributed by atoms with Gasteiger partial charge in [0.05, 0.1) is 11.7 Å². The molecule has 0 aliphatic carbocycles. The van der Waals surface area contributed by atoms with Crippen molar-refractivity contribution in [2.24, 2.45) is 7.05 Å². The highest BCUT2D eigenvalue weighted by molar-refractivity contribution is 5.76. The van der Waals surface area contributed by atoms with Gasteiger partial charge in [-0.25, -0.2) is 4.98 Å². The molecule has 0 unspecified atom stereocenters. The van der Waals surface area contributed by atoms with Crippen LogP contribution in [-0.2, 0) is 18.4 Å². The first kappa shape index (κ1) is 15.2. The molecule has 0 bridgehead atoms. The number of aryl methyl sites for hydroxylation is 4. The van der Waals surface area contributed by atoms with Gasteiger partial charge in [0, 0.05) is 25.7 Å². The molecule has 0 saturated heterocycles. The van der Waals surface area contributed by atoms with Crippen molar-refractivity contribution in [1.29, 1.82) is 0 Å². The Balaban J connectivity index is 1.77. The molecule has 2 heterocycles. The second-order valence-corrected chi connectivity index (χ2v) is 5.28. The summed E-state index contributed by atoms with van der Waals surface area (Å²) in [5, 5.41) is 11.3. The van der Waals surface area contributed by atoms with E-state index >= 15 is 0 Å². The molecule has 2 aromatic rings. The highest BCUT2D eigenvalue weighted by Crippen LogP contribution is 2.08. The number of carbonyl (C=O) groups excluding carboxylic acids is 1. The number of hydrogen-bond acceptors (Lipinski definition) is 4. The molecule has 0 fully saturated rings. The van der Waals surface area contributed by atoms with E-state index in [1.165, 1.54) is 6.33 Å². The predicted octanol–water partition coefficient (Wildman–Crippen LogP) is 1.29. The van der Waals surface area contributed by atoms with E-state index in [2.05, 4.69) is 20.5 Å². The van der Waals surface area contributed by atoms with Crippen LogP contribution in [0.1, 0.15) is 43.0 Å². The van der Waals surface area contributed by atoms with Gasteiger partial charge < -0.3 is 5.32 Å². The number of hydrogen-bond donors (Lipinski definition) is 1. The fourth-order valence-corrected chi connectivity index (χ4v) is 2.37. The smallest absolute Gasteiger partial charge is 0.220 e. The van der Waals surface area contributed by atoms with E-state index in [0.717, 1.165) is 30.2 Å². The summed E-state index contributed by atoms with van der Waals surface area (Å²) in [6.45, 7) is 6.66. The summed E-state index contributed by atoms with van der Waals surface area (Å²) in [4.78, 5) is 16.1. The third-order valence-electron chi connectivity index (χ3n) is 3.39. The van der Waals surface area contributed by atoms with Crippen LogP contribution in [0.2, 0.25) is 0 Å². The lowest BCUT2D eigenvalue weighted by Gasteiger charge is -2.13. The van der Waals surface area contributed by atoms with Crippen LogP contribution in [0.4, 0.5) is 0 Å². The van der Waals surface area contributed by atoms with Crippen molar-refractivity contribution in [3.63, 3.8) is 0 Å². The Morgan fingerprint density at radius 1 is 1.43 bits per heavy atom. The molecule has 114 valence electrons. The molecule has 2 aromatic heterocycles. The molecule has 0 aliphatic heterocycles. The van der Waals surface area contributed by atoms with E-state index in [4.69, 9.17) is 0 Å². The molecule has 0 spiro atoms. The van der Waals surface area contributed by atoms with Crippen LogP contribution < -0.4 is 5.32 Å². The molecule has 1 amide bonds. The second kappa shape index (κ2) is 6.51. The highest BCUT2D eigenvalue weighted by Gasteiger charge is 2.13. The summed E-state index contributed by atoms with van der Waals surface area (Å²) >= 11 is 0. The quantitative estimate of drug-likeness (QED) is 0.869. The Bertz CT molecular complexity index is 615. The number of amides is 1. The van der Waals surface area contributed by atoms with Gasteiger partial charge in [-0.2, -0.15) is 10.2 Å². The first-order valence-corrected chi connectivity index (χ1v) is 7.11. The average Bonchev–Trinajstić information content (AvgIpc) is 2.95. The van der Waals surface area contributed by atoms with E-state index < -0.39 is 0 Å². The Morgan fingerprint density at radius 2 is 2.19 bits per heavy atom. The molecule has 0 aliphatic rings. The third-order valence-corrected chi connectivity index (χ3v) is 3.39. The summed E-state index contributed by atoms with van der Waals surface area (Å²) in [5.41, 5.74) is 2.13. The molecular weight excluding hydrogens is 268 g/mol. The number of nitrogens with zero attached hydrogens (tertiary/aromatic N) is 5. The number of carbonyl (C=O) groups is 1. The number of nitrogens with one attached hydrogen (secondary N) is 1. The normalized spacial score (nSPS) is 12.4. The van der Waals surface area contributed by atoms with Crippen molar-refractivity contribution >= 4 is 5.91 Å². The van der Waals surface area contributed by atoms with Crippen LogP contribution in [0.15, 0.2) is 12.4 Å². The van der Waals surface area contributed by atoms with Gasteiger partial charge in [0.25, 0.3) is 0 Å². The first-order chi connectivity index (χ1) is 9.97. The minimum atomic E-state index is -0.140. The van der Waals surface area contributed by atoms with Crippen LogP contribution in [0, 0.1) is 13.8 Å². The van der Waals surface area contributed by atoms with E-state index in [-0.39, 0.29) is 11.9 Å². The Labute approximate surface area is 124 Å². The summed E-state index contributed by atoms with van der Waals surface area (Å²) in [6, 6.07) is 1.90. The summed E-state index contributed by atoms with van der Waals surface area (Å²) < 4.78 is 3.61. The van der Waals surface area contributed by atoms with Crippen LogP contribution in [0.5, 0.6) is 0 Å². The van der Waals surface area contributed by atoms with Crippen LogP contribution in [0.25, 0.3) is 0 Å². The van der Waals surface area contributed by atoms with Gasteiger partial charge in [-0.05, 0) is 33.3 Å². The van der Waals surface area contributed by atoms with Crippen LogP contribution >= 0.6 is 0 Å². The van der Waals surface area contributed by atoms with Crippen molar-refractivity contribution < 1.29 is 4.79 Å². The maximum atomic E-state index is 11.9. The minimum Gasteiger partial charge on any atom is -0.346 e. The zero-order valence-electron chi connectivity index (χ0n) is 13.0. The molecule has 1 N–H and O–H groups in total. The second-order valence-electron chi connectivity index (χ2n) is 5.28. The zero-order chi connectivity index (χ0) is 15.4. The molecule has 2 rings (SSSR count). The van der Waals surface area contributed by atoms with Gasteiger partial charge in [-0.3, -0.25) is 14.2 Å². The standard InChI is InChI=1S/C14H22N6O/c1-10-8-11(2)20(18-10)7-5-6-13(21)17-12(3)14-15-9-16-19(14)4/h8-9,12H,5-7H2,1-4H3,(H,17,21)/t12-/m1/s1. The summed E-state index contributed by atoms with van der Waals surface area (Å²) in [5.74, 6) is 0.772. The Morgan fingerprint density at radius 3 is 2.76 bits per heavy atom. The topological polar surface area (TPSA) is 77.6 Å². The Hall–Kier alpha value is -2.18. The van der Waals surface area contributed by atoms with E-state index in [1.54, 1.807) is 4.68 Å². The van der Waals surface area contributed by atoms with Crippen molar-refractivity contribution in [2.75, 3.05) is 0 Å². The molecule has 7 heteroatoms. The van der Waals surface area contributed by atoms with E-state index in [0.29, 0.717) is 6.42 Å². The maximum Gasteiger partial charge on any atom is 0.220 e. The predicted molar refractivity (Wildman–Crippen MR) is 78.5 cm³/mol. The maximum absolute atomic E-state index is 11.9. The van der Waals surface area contributed by atoms with Gasteiger partial charge in [0.2, 0.25) is 5.91 Å². The molecule has 0 saturated carbocycles. The molecule has 1 atom stereocenters. The summed E-state index contributed by atoms with van der Waals surface area (Å²) in [7, 11) is 1.81. The number of aromatic nitrogens is 5. The first-order valence-electron chi connectivity index (χ1n) is 7.11. The minimum absolute atomic E-state index is 0.0204. The monoisotopic (exact) mass is 290 g/mol. The van der Waals surface area contributed by atoms with Crippen LogP contribution in [-0.4, -0.2) is 30.5 Å². The van der Waals surface area contributed by atoms with Gasteiger partial charge in [-0.1, -0.05) is 0 Å². The van der Waals surface area contributed by atoms with Crippen molar-refractivity contribution in [1.82, 2.24) is 29.9 Å². The fourth-order valence-electron chi connectivity index (χ4n) is 2.37. The average molecular weight is 290 g/mol. The SMILES string of the molecule is Cc1cc(C)n(CCCC(=O)N[C@H](C)c2ncnn2C)n1. The van der Waals surface area contributed by atoms with Gasteiger partial charge in [0.15, 0.2) is 0 Å². The van der Waals surface area contributed by atoms with Crippen molar-refractivity contribution in [3.05, 3.63) is 29.6 Å². The molecule has 0 radical (unpaired) electrons. The van der Waals surface area contributed by atoms with E-state index in [1.807, 2.05) is 38.6 Å². The van der Waals surface area contributed by atoms with E-state index in [9.17, 15) is 4.79 Å². The zero-order valence-corrected chi connectivity index (χ0v) is 13.0. The lowest BCUT2D eigenvalue weighted by atomic mass is 10.2. The molecule has 21 heavy (non-hydrogen) atoms. The van der Waals surface area contributed by atoms with Crippen LogP contribution in [0.3, 0.4) is 0 Å². The van der Waals surface area contributed by atoms with Gasteiger partial charge in [-0.15, -0.1) is 0 Å². The molecular formula is C14H22N6O. The lowest BCUT2D eigenvalue weighted by molar-refractivity contribution is -0.121.